The van der Waals surface area contributed by atoms with Crippen molar-refractivity contribution < 1.29 is 18.7 Å². The van der Waals surface area contributed by atoms with Crippen LogP contribution in [0.3, 0.4) is 0 Å². The summed E-state index contributed by atoms with van der Waals surface area (Å²) < 4.78 is 28.6. The van der Waals surface area contributed by atoms with Gasteiger partial charge in [-0.25, -0.2) is 13.9 Å². The fourth-order valence-corrected chi connectivity index (χ4v) is 4.71. The Morgan fingerprint density at radius 3 is 2.66 bits per heavy atom. The molecule has 1 aliphatic rings. The maximum atomic E-state index is 15.1. The Bertz CT molecular complexity index is 1720. The predicted molar refractivity (Wildman–Crippen MR) is 151 cm³/mol. The summed E-state index contributed by atoms with van der Waals surface area (Å²) in [6, 6.07) is 11.4. The molecule has 2 aromatic carbocycles. The van der Waals surface area contributed by atoms with Crippen LogP contribution < -0.4 is 14.8 Å². The van der Waals surface area contributed by atoms with E-state index in [1.165, 1.54) is 24.7 Å². The van der Waals surface area contributed by atoms with E-state index in [1.807, 2.05) is 25.1 Å². The standard InChI is InChI=1S/C29H29FN8O3/c1-19-26(40-14-13-37-11-9-36(2)10-12-37)17-38-27(19)29(32-18-33-38)41-25-8-7-20(15-21(25)30)34-28(39)24-16-31-22-5-3-4-6-23(22)35-24/h3-8,15-18H,9-14H2,1-2H3,(H,34,39). The van der Waals surface area contributed by atoms with E-state index in [-0.39, 0.29) is 23.0 Å². The number of likely N-dealkylation sites (N-methyl/N-ethyl adjacent to an activating group) is 1. The molecule has 1 aliphatic heterocycles. The number of halogens is 1. The Kier molecular flexibility index (Phi) is 7.40. The van der Waals surface area contributed by atoms with Crippen molar-refractivity contribution in [2.45, 2.75) is 6.92 Å². The van der Waals surface area contributed by atoms with Crippen molar-refractivity contribution >= 4 is 28.1 Å². The van der Waals surface area contributed by atoms with Gasteiger partial charge in [0, 0.05) is 50.0 Å². The largest absolute Gasteiger partial charge is 0.490 e. The number of fused-ring (bicyclic) bond motifs is 2. The Labute approximate surface area is 235 Å². The molecule has 1 fully saturated rings. The molecule has 1 amide bonds. The molecule has 3 aromatic heterocycles. The van der Waals surface area contributed by atoms with E-state index in [1.54, 1.807) is 22.8 Å². The molecule has 11 nitrogen and oxygen atoms in total. The summed E-state index contributed by atoms with van der Waals surface area (Å²) in [4.78, 5) is 30.2. The lowest BCUT2D eigenvalue weighted by molar-refractivity contribution is 0.102. The van der Waals surface area contributed by atoms with Gasteiger partial charge in [0.15, 0.2) is 11.6 Å². The highest BCUT2D eigenvalue weighted by atomic mass is 19.1. The molecule has 0 spiro atoms. The van der Waals surface area contributed by atoms with Crippen LogP contribution in [0.15, 0.2) is 61.2 Å². The normalized spacial score (nSPS) is 14.4. The minimum Gasteiger partial charge on any atom is -0.490 e. The van der Waals surface area contributed by atoms with Gasteiger partial charge in [0.1, 0.15) is 29.9 Å². The van der Waals surface area contributed by atoms with Gasteiger partial charge >= 0.3 is 0 Å². The molecule has 0 atom stereocenters. The van der Waals surface area contributed by atoms with E-state index >= 15 is 4.39 Å². The maximum absolute atomic E-state index is 15.1. The summed E-state index contributed by atoms with van der Waals surface area (Å²) in [6.07, 6.45) is 4.50. The zero-order chi connectivity index (χ0) is 28.3. The van der Waals surface area contributed by atoms with Crippen LogP contribution in [0, 0.1) is 12.7 Å². The third kappa shape index (κ3) is 5.79. The average Bonchev–Trinajstić information content (AvgIpc) is 3.31. The number of amides is 1. The van der Waals surface area contributed by atoms with Gasteiger partial charge in [-0.1, -0.05) is 12.1 Å². The molecule has 12 heteroatoms. The zero-order valence-corrected chi connectivity index (χ0v) is 22.7. The minimum absolute atomic E-state index is 0.0489. The molecule has 210 valence electrons. The van der Waals surface area contributed by atoms with Crippen LogP contribution in [0.5, 0.6) is 17.4 Å². The van der Waals surface area contributed by atoms with Crippen molar-refractivity contribution in [1.29, 1.82) is 0 Å². The summed E-state index contributed by atoms with van der Waals surface area (Å²) >= 11 is 0. The summed E-state index contributed by atoms with van der Waals surface area (Å²) in [5.41, 5.74) is 3.01. The molecule has 0 saturated carbocycles. The minimum atomic E-state index is -0.669. The average molecular weight is 557 g/mol. The highest BCUT2D eigenvalue weighted by Crippen LogP contribution is 2.33. The predicted octanol–water partition coefficient (Wildman–Crippen LogP) is 3.79. The number of benzene rings is 2. The van der Waals surface area contributed by atoms with Gasteiger partial charge < -0.3 is 19.7 Å². The van der Waals surface area contributed by atoms with Gasteiger partial charge in [0.2, 0.25) is 5.88 Å². The third-order valence-corrected chi connectivity index (χ3v) is 7.09. The van der Waals surface area contributed by atoms with E-state index in [0.717, 1.165) is 38.3 Å². The third-order valence-electron chi connectivity index (χ3n) is 7.09. The Morgan fingerprint density at radius 2 is 1.85 bits per heavy atom. The second-order valence-electron chi connectivity index (χ2n) is 9.92. The van der Waals surface area contributed by atoms with Gasteiger partial charge in [0.05, 0.1) is 23.4 Å². The molecule has 0 radical (unpaired) electrons. The zero-order valence-electron chi connectivity index (χ0n) is 22.7. The van der Waals surface area contributed by atoms with Crippen LogP contribution in [0.2, 0.25) is 0 Å². The molecule has 41 heavy (non-hydrogen) atoms. The quantitative estimate of drug-likeness (QED) is 0.305. The Balaban J connectivity index is 1.13. The summed E-state index contributed by atoms with van der Waals surface area (Å²) in [5.74, 6) is -0.365. The number of hydrogen-bond donors (Lipinski definition) is 1. The number of carbonyl (C=O) groups excluding carboxylic acids is 1. The van der Waals surface area contributed by atoms with Gasteiger partial charge in [-0.05, 0) is 38.2 Å². The molecular weight excluding hydrogens is 527 g/mol. The number of aromatic nitrogens is 5. The monoisotopic (exact) mass is 556 g/mol. The maximum Gasteiger partial charge on any atom is 0.275 e. The number of piperazine rings is 1. The van der Waals surface area contributed by atoms with Crippen molar-refractivity contribution in [3.63, 3.8) is 0 Å². The van der Waals surface area contributed by atoms with Crippen molar-refractivity contribution in [1.82, 2.24) is 34.4 Å². The van der Waals surface area contributed by atoms with E-state index in [4.69, 9.17) is 9.47 Å². The van der Waals surface area contributed by atoms with Crippen LogP contribution in [-0.4, -0.2) is 86.7 Å². The number of hydrogen-bond acceptors (Lipinski definition) is 9. The Hall–Kier alpha value is -4.68. The second-order valence-corrected chi connectivity index (χ2v) is 9.92. The van der Waals surface area contributed by atoms with Crippen LogP contribution in [0.4, 0.5) is 10.1 Å². The Morgan fingerprint density at radius 1 is 1.05 bits per heavy atom. The van der Waals surface area contributed by atoms with E-state index < -0.39 is 11.7 Å². The van der Waals surface area contributed by atoms with Crippen molar-refractivity contribution in [3.8, 4) is 17.4 Å². The number of para-hydroxylation sites is 2. The molecule has 0 bridgehead atoms. The van der Waals surface area contributed by atoms with Crippen LogP contribution in [-0.2, 0) is 0 Å². The first-order chi connectivity index (χ1) is 19.9. The molecule has 4 heterocycles. The lowest BCUT2D eigenvalue weighted by Gasteiger charge is -2.32. The summed E-state index contributed by atoms with van der Waals surface area (Å²) in [5, 5.41) is 6.92. The van der Waals surface area contributed by atoms with Gasteiger partial charge in [0.25, 0.3) is 5.91 Å². The van der Waals surface area contributed by atoms with Crippen LogP contribution >= 0.6 is 0 Å². The lowest BCUT2D eigenvalue weighted by atomic mass is 10.2. The number of nitrogens with one attached hydrogen (secondary N) is 1. The van der Waals surface area contributed by atoms with Gasteiger partial charge in [-0.3, -0.25) is 14.7 Å². The van der Waals surface area contributed by atoms with Crippen LogP contribution in [0.1, 0.15) is 16.1 Å². The fourth-order valence-electron chi connectivity index (χ4n) is 4.71. The number of rotatable bonds is 8. The molecule has 1 N–H and O–H groups in total. The van der Waals surface area contributed by atoms with E-state index in [0.29, 0.717) is 28.9 Å². The summed E-state index contributed by atoms with van der Waals surface area (Å²) in [7, 11) is 2.13. The highest BCUT2D eigenvalue weighted by molar-refractivity contribution is 6.03. The van der Waals surface area contributed by atoms with Crippen molar-refractivity contribution in [2.24, 2.45) is 0 Å². The summed E-state index contributed by atoms with van der Waals surface area (Å²) in [6.45, 7) is 7.40. The first kappa shape index (κ1) is 26.5. The first-order valence-electron chi connectivity index (χ1n) is 13.3. The topological polar surface area (TPSA) is 110 Å². The molecule has 0 unspecified atom stereocenters. The number of nitrogens with zero attached hydrogens (tertiary/aromatic N) is 7. The van der Waals surface area contributed by atoms with Gasteiger partial charge in [-0.2, -0.15) is 10.1 Å². The fraction of sp³-hybridized carbons (Fsp3) is 0.276. The van der Waals surface area contributed by atoms with Crippen molar-refractivity contribution in [2.75, 3.05) is 51.7 Å². The number of anilines is 1. The number of ether oxygens (including phenoxy) is 2. The lowest BCUT2D eigenvalue weighted by Crippen LogP contribution is -2.45. The SMILES string of the molecule is Cc1c(OCCN2CCN(C)CC2)cn2ncnc(Oc3ccc(NC(=O)c4cnc5ccccc5n4)cc3F)c12. The molecule has 0 aliphatic carbocycles. The number of carbonyl (C=O) groups is 1. The number of aryl methyl sites for hydroxylation is 1. The second kappa shape index (κ2) is 11.4. The molecule has 1 saturated heterocycles. The molecular formula is C29H29FN8O3. The van der Waals surface area contributed by atoms with Crippen molar-refractivity contribution in [3.05, 3.63) is 78.3 Å². The smallest absolute Gasteiger partial charge is 0.275 e. The van der Waals surface area contributed by atoms with Gasteiger partial charge in [-0.15, -0.1) is 0 Å². The van der Waals surface area contributed by atoms with E-state index in [2.05, 4.69) is 42.2 Å². The molecule has 5 aromatic rings. The molecule has 6 rings (SSSR count). The van der Waals surface area contributed by atoms with E-state index in [9.17, 15) is 4.79 Å². The first-order valence-corrected chi connectivity index (χ1v) is 13.3. The highest BCUT2D eigenvalue weighted by Gasteiger charge is 2.19. The van der Waals surface area contributed by atoms with Crippen LogP contribution in [0.25, 0.3) is 16.6 Å².